The van der Waals surface area contributed by atoms with Crippen molar-refractivity contribution in [2.24, 2.45) is 0 Å². The van der Waals surface area contributed by atoms with Crippen LogP contribution in [-0.4, -0.2) is 58.0 Å². The Kier molecular flexibility index (Phi) is 7.49. The van der Waals surface area contributed by atoms with E-state index in [0.717, 1.165) is 69.4 Å². The molecule has 5 nitrogen and oxygen atoms in total. The summed E-state index contributed by atoms with van der Waals surface area (Å²) < 4.78 is 16.6. The summed E-state index contributed by atoms with van der Waals surface area (Å²) in [5.74, 6) is 1.67. The van der Waals surface area contributed by atoms with Crippen molar-refractivity contribution < 1.29 is 14.2 Å². The van der Waals surface area contributed by atoms with Crippen LogP contribution in [0.15, 0.2) is 18.2 Å². The average Bonchev–Trinajstić information content (AvgIpc) is 2.58. The highest BCUT2D eigenvalue weighted by Gasteiger charge is 2.11. The van der Waals surface area contributed by atoms with E-state index in [2.05, 4.69) is 23.2 Å². The predicted molar refractivity (Wildman–Crippen MR) is 87.7 cm³/mol. The van der Waals surface area contributed by atoms with Gasteiger partial charge in [-0.1, -0.05) is 19.1 Å². The van der Waals surface area contributed by atoms with E-state index in [1.54, 1.807) is 7.11 Å². The fraction of sp³-hybridized carbons (Fsp3) is 0.647. The molecule has 0 aromatic heterocycles. The van der Waals surface area contributed by atoms with E-state index in [1.165, 1.54) is 0 Å². The number of hydrogen-bond donors (Lipinski definition) is 1. The van der Waals surface area contributed by atoms with Crippen molar-refractivity contribution in [3.63, 3.8) is 0 Å². The van der Waals surface area contributed by atoms with Crippen molar-refractivity contribution in [1.82, 2.24) is 10.2 Å². The molecular weight excluding hydrogens is 280 g/mol. The highest BCUT2D eigenvalue weighted by atomic mass is 16.5. The largest absolute Gasteiger partial charge is 0.493 e. The molecule has 1 N–H and O–H groups in total. The number of rotatable bonds is 9. The molecule has 0 saturated carbocycles. The summed E-state index contributed by atoms with van der Waals surface area (Å²) in [5, 5.41) is 3.50. The third-order valence-corrected chi connectivity index (χ3v) is 3.75. The fourth-order valence-corrected chi connectivity index (χ4v) is 2.51. The third kappa shape index (κ3) is 5.16. The Hall–Kier alpha value is -1.30. The van der Waals surface area contributed by atoms with Crippen LogP contribution >= 0.6 is 0 Å². The number of morpholine rings is 1. The van der Waals surface area contributed by atoms with Gasteiger partial charge in [0, 0.05) is 38.3 Å². The summed E-state index contributed by atoms with van der Waals surface area (Å²) in [7, 11) is 1.68. The summed E-state index contributed by atoms with van der Waals surface area (Å²) in [5.41, 5.74) is 1.15. The zero-order valence-electron chi connectivity index (χ0n) is 13.8. The molecule has 22 heavy (non-hydrogen) atoms. The van der Waals surface area contributed by atoms with E-state index in [1.807, 2.05) is 12.1 Å². The van der Waals surface area contributed by atoms with Crippen LogP contribution in [-0.2, 0) is 11.3 Å². The van der Waals surface area contributed by atoms with Crippen molar-refractivity contribution >= 4 is 0 Å². The maximum absolute atomic E-state index is 5.86. The lowest BCUT2D eigenvalue weighted by Crippen LogP contribution is -2.40. The number of benzene rings is 1. The molecule has 5 heteroatoms. The lowest BCUT2D eigenvalue weighted by Gasteiger charge is -2.26. The van der Waals surface area contributed by atoms with Gasteiger partial charge in [0.05, 0.1) is 26.9 Å². The number of para-hydroxylation sites is 1. The van der Waals surface area contributed by atoms with Gasteiger partial charge in [0.15, 0.2) is 11.5 Å². The number of nitrogens with zero attached hydrogens (tertiary/aromatic N) is 1. The van der Waals surface area contributed by atoms with Crippen LogP contribution in [0.1, 0.15) is 18.9 Å². The molecule has 1 aromatic rings. The molecule has 124 valence electrons. The Labute approximate surface area is 133 Å². The smallest absolute Gasteiger partial charge is 0.165 e. The van der Waals surface area contributed by atoms with Crippen LogP contribution in [0.3, 0.4) is 0 Å². The quantitative estimate of drug-likeness (QED) is 0.706. The van der Waals surface area contributed by atoms with Gasteiger partial charge in [0.25, 0.3) is 0 Å². The molecule has 1 aliphatic rings. The highest BCUT2D eigenvalue weighted by Crippen LogP contribution is 2.31. The Balaban J connectivity index is 1.82. The Morgan fingerprint density at radius 1 is 1.27 bits per heavy atom. The second kappa shape index (κ2) is 9.66. The van der Waals surface area contributed by atoms with Crippen molar-refractivity contribution in [2.45, 2.75) is 19.9 Å². The topological polar surface area (TPSA) is 43.0 Å². The van der Waals surface area contributed by atoms with Gasteiger partial charge < -0.3 is 19.5 Å². The van der Waals surface area contributed by atoms with Crippen LogP contribution in [0.2, 0.25) is 0 Å². The van der Waals surface area contributed by atoms with Gasteiger partial charge in [-0.2, -0.15) is 0 Å². The van der Waals surface area contributed by atoms with Crippen LogP contribution in [0, 0.1) is 0 Å². The van der Waals surface area contributed by atoms with Gasteiger partial charge >= 0.3 is 0 Å². The molecule has 1 aromatic carbocycles. The third-order valence-electron chi connectivity index (χ3n) is 3.75. The Bertz CT molecular complexity index is 434. The molecule has 2 rings (SSSR count). The molecule has 0 amide bonds. The van der Waals surface area contributed by atoms with Crippen molar-refractivity contribution in [1.29, 1.82) is 0 Å². The number of ether oxygens (including phenoxy) is 3. The maximum atomic E-state index is 5.86. The zero-order chi connectivity index (χ0) is 15.6. The number of nitrogens with one attached hydrogen (secondary N) is 1. The normalized spacial score (nSPS) is 15.7. The molecule has 0 atom stereocenters. The first-order valence-electron chi connectivity index (χ1n) is 8.14. The van der Waals surface area contributed by atoms with E-state index in [4.69, 9.17) is 14.2 Å². The molecule has 1 heterocycles. The van der Waals surface area contributed by atoms with E-state index in [0.29, 0.717) is 6.61 Å². The standard InChI is InChI=1S/C17H28N2O3/c1-3-11-22-17-15(5-4-6-16(17)20-2)14-18-7-8-19-9-12-21-13-10-19/h4-6,18H,3,7-14H2,1-2H3. The molecule has 0 bridgehead atoms. The summed E-state index contributed by atoms with van der Waals surface area (Å²) in [6, 6.07) is 6.05. The second-order valence-electron chi connectivity index (χ2n) is 5.43. The fourth-order valence-electron chi connectivity index (χ4n) is 2.51. The van der Waals surface area contributed by atoms with Gasteiger partial charge in [-0.05, 0) is 12.5 Å². The first kappa shape index (κ1) is 17.1. The summed E-state index contributed by atoms with van der Waals surface area (Å²) in [6.45, 7) is 9.40. The molecule has 1 fully saturated rings. The van der Waals surface area contributed by atoms with Crippen molar-refractivity contribution in [3.05, 3.63) is 23.8 Å². The average molecular weight is 308 g/mol. The zero-order valence-corrected chi connectivity index (χ0v) is 13.8. The molecule has 0 unspecified atom stereocenters. The van der Waals surface area contributed by atoms with Crippen LogP contribution < -0.4 is 14.8 Å². The molecule has 0 spiro atoms. The minimum absolute atomic E-state index is 0.709. The van der Waals surface area contributed by atoms with E-state index in [9.17, 15) is 0 Å². The SMILES string of the molecule is CCCOc1c(CNCCN2CCOCC2)cccc1OC. The molecule has 0 aliphatic carbocycles. The van der Waals surface area contributed by atoms with E-state index in [-0.39, 0.29) is 0 Å². The highest BCUT2D eigenvalue weighted by molar-refractivity contribution is 5.46. The second-order valence-corrected chi connectivity index (χ2v) is 5.43. The van der Waals surface area contributed by atoms with Crippen LogP contribution in [0.5, 0.6) is 11.5 Å². The van der Waals surface area contributed by atoms with Crippen LogP contribution in [0.25, 0.3) is 0 Å². The Morgan fingerprint density at radius 3 is 2.82 bits per heavy atom. The van der Waals surface area contributed by atoms with Gasteiger partial charge in [-0.25, -0.2) is 0 Å². The van der Waals surface area contributed by atoms with Gasteiger partial charge in [-0.3, -0.25) is 4.90 Å². The monoisotopic (exact) mass is 308 g/mol. The lowest BCUT2D eigenvalue weighted by molar-refractivity contribution is 0.0384. The molecule has 0 radical (unpaired) electrons. The van der Waals surface area contributed by atoms with E-state index < -0.39 is 0 Å². The first-order chi connectivity index (χ1) is 10.8. The maximum Gasteiger partial charge on any atom is 0.165 e. The molecule has 1 aliphatic heterocycles. The van der Waals surface area contributed by atoms with Crippen molar-refractivity contribution in [2.75, 3.05) is 53.1 Å². The Morgan fingerprint density at radius 2 is 2.09 bits per heavy atom. The van der Waals surface area contributed by atoms with Crippen molar-refractivity contribution in [3.8, 4) is 11.5 Å². The van der Waals surface area contributed by atoms with Gasteiger partial charge in [-0.15, -0.1) is 0 Å². The molecular formula is C17H28N2O3. The minimum atomic E-state index is 0.709. The van der Waals surface area contributed by atoms with Gasteiger partial charge in [0.2, 0.25) is 0 Å². The van der Waals surface area contributed by atoms with E-state index >= 15 is 0 Å². The number of hydrogen-bond acceptors (Lipinski definition) is 5. The summed E-state index contributed by atoms with van der Waals surface area (Å²) in [6.07, 6.45) is 0.988. The summed E-state index contributed by atoms with van der Waals surface area (Å²) >= 11 is 0. The predicted octanol–water partition coefficient (Wildman–Crippen LogP) is 1.91. The summed E-state index contributed by atoms with van der Waals surface area (Å²) in [4.78, 5) is 2.43. The molecule has 1 saturated heterocycles. The van der Waals surface area contributed by atoms with Gasteiger partial charge in [0.1, 0.15) is 0 Å². The van der Waals surface area contributed by atoms with Crippen LogP contribution in [0.4, 0.5) is 0 Å². The lowest BCUT2D eigenvalue weighted by atomic mass is 10.2. The number of methoxy groups -OCH3 is 1. The first-order valence-corrected chi connectivity index (χ1v) is 8.14. The minimum Gasteiger partial charge on any atom is -0.493 e.